The molecular formula is C15H24N2OS. The third-order valence-corrected chi connectivity index (χ3v) is 4.87. The molecule has 1 aromatic heterocycles. The summed E-state index contributed by atoms with van der Waals surface area (Å²) in [6, 6.07) is 4.63. The largest absolute Gasteiger partial charge is 0.352 e. The van der Waals surface area contributed by atoms with Crippen LogP contribution in [0.25, 0.3) is 0 Å². The van der Waals surface area contributed by atoms with Gasteiger partial charge in [0.1, 0.15) is 0 Å². The number of thiophene rings is 1. The molecule has 2 rings (SSSR count). The Balaban J connectivity index is 1.78. The molecule has 4 heteroatoms. The molecule has 106 valence electrons. The summed E-state index contributed by atoms with van der Waals surface area (Å²) >= 11 is 1.73. The Labute approximate surface area is 119 Å². The molecule has 1 heterocycles. The molecule has 2 atom stereocenters. The Morgan fingerprint density at radius 3 is 2.68 bits per heavy atom. The van der Waals surface area contributed by atoms with Crippen LogP contribution in [0.5, 0.6) is 0 Å². The Morgan fingerprint density at radius 1 is 1.32 bits per heavy atom. The summed E-state index contributed by atoms with van der Waals surface area (Å²) in [4.78, 5) is 13.4. The van der Waals surface area contributed by atoms with Crippen LogP contribution in [0, 0.1) is 0 Å². The van der Waals surface area contributed by atoms with Gasteiger partial charge in [-0.1, -0.05) is 25.3 Å². The molecule has 0 saturated heterocycles. The number of carbonyl (C=O) groups is 1. The predicted octanol–water partition coefficient (Wildman–Crippen LogP) is 3.24. The van der Waals surface area contributed by atoms with E-state index >= 15 is 0 Å². The fourth-order valence-electron chi connectivity index (χ4n) is 2.64. The molecule has 0 spiro atoms. The summed E-state index contributed by atoms with van der Waals surface area (Å²) in [6.45, 7) is 4.05. The van der Waals surface area contributed by atoms with Crippen LogP contribution in [0.2, 0.25) is 0 Å². The third kappa shape index (κ3) is 4.32. The lowest BCUT2D eigenvalue weighted by molar-refractivity contribution is -0.123. The highest BCUT2D eigenvalue weighted by Crippen LogP contribution is 2.19. The van der Waals surface area contributed by atoms with E-state index in [-0.39, 0.29) is 18.0 Å². The van der Waals surface area contributed by atoms with Gasteiger partial charge in [-0.15, -0.1) is 11.3 Å². The van der Waals surface area contributed by atoms with Crippen LogP contribution in [0.4, 0.5) is 0 Å². The molecule has 0 radical (unpaired) electrons. The second-order valence-corrected chi connectivity index (χ2v) is 6.45. The van der Waals surface area contributed by atoms with E-state index in [1.54, 1.807) is 11.3 Å². The van der Waals surface area contributed by atoms with E-state index in [1.165, 1.54) is 24.1 Å². The summed E-state index contributed by atoms with van der Waals surface area (Å²) in [5, 5.41) is 8.61. The van der Waals surface area contributed by atoms with Gasteiger partial charge in [-0.3, -0.25) is 10.1 Å². The fraction of sp³-hybridized carbons (Fsp3) is 0.667. The molecule has 1 aromatic rings. The Hall–Kier alpha value is -0.870. The fourth-order valence-corrected chi connectivity index (χ4v) is 3.39. The Morgan fingerprint density at radius 2 is 2.05 bits per heavy atom. The summed E-state index contributed by atoms with van der Waals surface area (Å²) in [7, 11) is 0. The molecule has 1 saturated carbocycles. The van der Waals surface area contributed by atoms with Crippen LogP contribution < -0.4 is 10.6 Å². The van der Waals surface area contributed by atoms with Crippen LogP contribution in [0.15, 0.2) is 17.5 Å². The van der Waals surface area contributed by atoms with Crippen molar-refractivity contribution < 1.29 is 4.79 Å². The van der Waals surface area contributed by atoms with Gasteiger partial charge in [0.25, 0.3) is 0 Å². The highest BCUT2D eigenvalue weighted by atomic mass is 32.1. The minimum Gasteiger partial charge on any atom is -0.352 e. The number of amides is 1. The Kier molecular flexibility index (Phi) is 5.40. The average molecular weight is 280 g/mol. The van der Waals surface area contributed by atoms with Crippen LogP contribution in [-0.2, 0) is 4.79 Å². The van der Waals surface area contributed by atoms with Gasteiger partial charge in [-0.25, -0.2) is 0 Å². The van der Waals surface area contributed by atoms with E-state index in [2.05, 4.69) is 29.0 Å². The quantitative estimate of drug-likeness (QED) is 0.869. The standard InChI is InChI=1S/C15H24N2OS/c1-11(14-9-6-10-19-14)16-12(2)15(18)17-13-7-4-3-5-8-13/h6,9-13,16H,3-5,7-8H2,1-2H3,(H,17,18)/t11-,12-/m1/s1. The molecule has 0 aliphatic heterocycles. The molecule has 3 nitrogen and oxygen atoms in total. The highest BCUT2D eigenvalue weighted by molar-refractivity contribution is 7.10. The van der Waals surface area contributed by atoms with E-state index in [4.69, 9.17) is 0 Å². The molecule has 1 aliphatic carbocycles. The molecule has 0 unspecified atom stereocenters. The van der Waals surface area contributed by atoms with Gasteiger partial charge in [0.2, 0.25) is 5.91 Å². The van der Waals surface area contributed by atoms with Gasteiger partial charge in [0.05, 0.1) is 6.04 Å². The topological polar surface area (TPSA) is 41.1 Å². The molecule has 1 fully saturated rings. The lowest BCUT2D eigenvalue weighted by Gasteiger charge is -2.25. The lowest BCUT2D eigenvalue weighted by Crippen LogP contribution is -2.47. The first-order valence-corrected chi connectivity index (χ1v) is 8.14. The zero-order chi connectivity index (χ0) is 13.7. The minimum absolute atomic E-state index is 0.135. The normalized spacial score (nSPS) is 19.9. The van der Waals surface area contributed by atoms with E-state index in [0.29, 0.717) is 6.04 Å². The van der Waals surface area contributed by atoms with Crippen LogP contribution in [0.3, 0.4) is 0 Å². The molecular weight excluding hydrogens is 256 g/mol. The first-order valence-electron chi connectivity index (χ1n) is 7.26. The van der Waals surface area contributed by atoms with Gasteiger partial charge in [0, 0.05) is 17.0 Å². The van der Waals surface area contributed by atoms with Gasteiger partial charge >= 0.3 is 0 Å². The molecule has 0 bridgehead atoms. The second kappa shape index (κ2) is 7.06. The second-order valence-electron chi connectivity index (χ2n) is 5.47. The molecule has 1 amide bonds. The average Bonchev–Trinajstić information content (AvgIpc) is 2.93. The number of hydrogen-bond donors (Lipinski definition) is 2. The van der Waals surface area contributed by atoms with Gasteiger partial charge in [-0.05, 0) is 38.1 Å². The van der Waals surface area contributed by atoms with Crippen molar-refractivity contribution in [3.05, 3.63) is 22.4 Å². The minimum atomic E-state index is -0.140. The van der Waals surface area contributed by atoms with E-state index in [1.807, 2.05) is 13.0 Å². The van der Waals surface area contributed by atoms with Crippen molar-refractivity contribution in [1.29, 1.82) is 0 Å². The maximum atomic E-state index is 12.1. The predicted molar refractivity (Wildman–Crippen MR) is 80.3 cm³/mol. The van der Waals surface area contributed by atoms with Gasteiger partial charge in [0.15, 0.2) is 0 Å². The smallest absolute Gasteiger partial charge is 0.237 e. The monoisotopic (exact) mass is 280 g/mol. The van der Waals surface area contributed by atoms with Crippen molar-refractivity contribution in [2.45, 2.75) is 64.1 Å². The maximum absolute atomic E-state index is 12.1. The summed E-state index contributed by atoms with van der Waals surface area (Å²) < 4.78 is 0. The summed E-state index contributed by atoms with van der Waals surface area (Å²) in [5.41, 5.74) is 0. The first kappa shape index (κ1) is 14.5. The third-order valence-electron chi connectivity index (χ3n) is 3.81. The zero-order valence-corrected chi connectivity index (χ0v) is 12.6. The molecule has 0 aromatic carbocycles. The van der Waals surface area contributed by atoms with Crippen molar-refractivity contribution in [3.8, 4) is 0 Å². The number of carbonyl (C=O) groups excluding carboxylic acids is 1. The highest BCUT2D eigenvalue weighted by Gasteiger charge is 2.21. The van der Waals surface area contributed by atoms with Gasteiger partial charge < -0.3 is 5.32 Å². The van der Waals surface area contributed by atoms with Crippen molar-refractivity contribution >= 4 is 17.2 Å². The van der Waals surface area contributed by atoms with Crippen molar-refractivity contribution in [3.63, 3.8) is 0 Å². The van der Waals surface area contributed by atoms with Crippen LogP contribution >= 0.6 is 11.3 Å². The van der Waals surface area contributed by atoms with E-state index in [9.17, 15) is 4.79 Å². The summed E-state index contributed by atoms with van der Waals surface area (Å²) in [6.07, 6.45) is 6.09. The van der Waals surface area contributed by atoms with Gasteiger partial charge in [-0.2, -0.15) is 0 Å². The van der Waals surface area contributed by atoms with E-state index in [0.717, 1.165) is 12.8 Å². The van der Waals surface area contributed by atoms with Crippen molar-refractivity contribution in [1.82, 2.24) is 10.6 Å². The van der Waals surface area contributed by atoms with Crippen molar-refractivity contribution in [2.75, 3.05) is 0 Å². The number of nitrogens with one attached hydrogen (secondary N) is 2. The first-order chi connectivity index (χ1) is 9.16. The van der Waals surface area contributed by atoms with Crippen LogP contribution in [-0.4, -0.2) is 18.0 Å². The maximum Gasteiger partial charge on any atom is 0.237 e. The van der Waals surface area contributed by atoms with Crippen LogP contribution in [0.1, 0.15) is 56.9 Å². The zero-order valence-electron chi connectivity index (χ0n) is 11.8. The number of hydrogen-bond acceptors (Lipinski definition) is 3. The molecule has 19 heavy (non-hydrogen) atoms. The molecule has 2 N–H and O–H groups in total. The van der Waals surface area contributed by atoms with E-state index < -0.39 is 0 Å². The Bertz CT molecular complexity index is 385. The lowest BCUT2D eigenvalue weighted by atomic mass is 9.95. The SMILES string of the molecule is C[C@@H](N[C@H](C)c1cccs1)C(=O)NC1CCCCC1. The number of rotatable bonds is 5. The summed E-state index contributed by atoms with van der Waals surface area (Å²) in [5.74, 6) is 0.135. The molecule has 1 aliphatic rings. The van der Waals surface area contributed by atoms with Crippen molar-refractivity contribution in [2.24, 2.45) is 0 Å².